The molecule has 0 spiro atoms. The number of nitrogens with zero attached hydrogens (tertiary/aromatic N) is 2. The Morgan fingerprint density at radius 2 is 2.36 bits per heavy atom. The quantitative estimate of drug-likeness (QED) is 0.777. The second-order valence-corrected chi connectivity index (χ2v) is 4.34. The van der Waals surface area contributed by atoms with E-state index in [1.54, 1.807) is 6.33 Å². The number of halogens is 1. The molecule has 0 bridgehead atoms. The highest BCUT2D eigenvalue weighted by molar-refractivity contribution is 6.21. The molecule has 76 valence electrons. The van der Waals surface area contributed by atoms with Gasteiger partial charge in [-0.25, -0.2) is 9.97 Å². The lowest BCUT2D eigenvalue weighted by molar-refractivity contribution is 0.768. The smallest absolute Gasteiger partial charge is 0.129 e. The SMILES string of the molecule is Cc1cc(NCC(Cl)C2CC2)ncn1. The van der Waals surface area contributed by atoms with Gasteiger partial charge in [-0.3, -0.25) is 0 Å². The van der Waals surface area contributed by atoms with Crippen LogP contribution >= 0.6 is 11.6 Å². The predicted octanol–water partition coefficient (Wildman–Crippen LogP) is 2.21. The zero-order valence-corrected chi connectivity index (χ0v) is 8.96. The van der Waals surface area contributed by atoms with Crippen LogP contribution in [-0.4, -0.2) is 21.9 Å². The molecule has 1 aromatic heterocycles. The highest BCUT2D eigenvalue weighted by Crippen LogP contribution is 2.35. The zero-order chi connectivity index (χ0) is 9.97. The number of rotatable bonds is 4. The number of nitrogens with one attached hydrogen (secondary N) is 1. The van der Waals surface area contributed by atoms with E-state index < -0.39 is 0 Å². The topological polar surface area (TPSA) is 37.8 Å². The van der Waals surface area contributed by atoms with Crippen molar-refractivity contribution < 1.29 is 0 Å². The first kappa shape index (κ1) is 9.71. The van der Waals surface area contributed by atoms with Gasteiger partial charge in [-0.1, -0.05) is 0 Å². The van der Waals surface area contributed by atoms with Gasteiger partial charge in [0.2, 0.25) is 0 Å². The second-order valence-electron chi connectivity index (χ2n) is 3.78. The highest BCUT2D eigenvalue weighted by Gasteiger charge is 2.29. The van der Waals surface area contributed by atoms with E-state index in [9.17, 15) is 0 Å². The predicted molar refractivity (Wildman–Crippen MR) is 57.6 cm³/mol. The molecule has 1 aliphatic carbocycles. The summed E-state index contributed by atoms with van der Waals surface area (Å²) in [6.45, 7) is 2.74. The molecule has 1 saturated carbocycles. The largest absolute Gasteiger partial charge is 0.368 e. The Morgan fingerprint density at radius 1 is 1.57 bits per heavy atom. The fourth-order valence-electron chi connectivity index (χ4n) is 1.38. The van der Waals surface area contributed by atoms with E-state index in [2.05, 4.69) is 15.3 Å². The van der Waals surface area contributed by atoms with Crippen LogP contribution in [0, 0.1) is 12.8 Å². The molecule has 0 aromatic carbocycles. The van der Waals surface area contributed by atoms with Crippen molar-refractivity contribution in [3.05, 3.63) is 18.1 Å². The summed E-state index contributed by atoms with van der Waals surface area (Å²) in [5, 5.41) is 3.46. The Labute approximate surface area is 88.9 Å². The van der Waals surface area contributed by atoms with Crippen LogP contribution in [0.1, 0.15) is 18.5 Å². The second kappa shape index (κ2) is 4.13. The fraction of sp³-hybridized carbons (Fsp3) is 0.600. The van der Waals surface area contributed by atoms with E-state index in [0.29, 0.717) is 5.92 Å². The lowest BCUT2D eigenvalue weighted by Crippen LogP contribution is -2.16. The molecule has 1 aromatic rings. The van der Waals surface area contributed by atoms with Gasteiger partial charge in [-0.2, -0.15) is 0 Å². The minimum Gasteiger partial charge on any atom is -0.368 e. The zero-order valence-electron chi connectivity index (χ0n) is 8.20. The van der Waals surface area contributed by atoms with Crippen LogP contribution in [-0.2, 0) is 0 Å². The minimum absolute atomic E-state index is 0.241. The Kier molecular flexibility index (Phi) is 2.87. The molecule has 1 fully saturated rings. The van der Waals surface area contributed by atoms with Gasteiger partial charge in [0.1, 0.15) is 12.1 Å². The van der Waals surface area contributed by atoms with Crippen LogP contribution in [0.2, 0.25) is 0 Å². The lowest BCUT2D eigenvalue weighted by atomic mass is 10.3. The van der Waals surface area contributed by atoms with Gasteiger partial charge in [0.05, 0.1) is 5.38 Å². The van der Waals surface area contributed by atoms with Crippen molar-refractivity contribution >= 4 is 17.4 Å². The van der Waals surface area contributed by atoms with Crippen LogP contribution < -0.4 is 5.32 Å². The standard InChI is InChI=1S/C10H14ClN3/c1-7-4-10(14-6-13-7)12-5-9(11)8-2-3-8/h4,6,8-9H,2-3,5H2,1H3,(H,12,13,14). The molecular formula is C10H14ClN3. The van der Waals surface area contributed by atoms with Crippen LogP contribution in [0.3, 0.4) is 0 Å². The summed E-state index contributed by atoms with van der Waals surface area (Å²) in [7, 11) is 0. The third-order valence-electron chi connectivity index (χ3n) is 2.42. The van der Waals surface area contributed by atoms with Crippen molar-refractivity contribution in [2.45, 2.75) is 25.1 Å². The molecule has 4 heteroatoms. The Hall–Kier alpha value is -0.830. The van der Waals surface area contributed by atoms with Gasteiger partial charge in [-0.05, 0) is 25.7 Å². The summed E-state index contributed by atoms with van der Waals surface area (Å²) in [6, 6.07) is 1.93. The number of aromatic nitrogens is 2. The molecule has 1 N–H and O–H groups in total. The number of aryl methyl sites for hydroxylation is 1. The Balaban J connectivity index is 1.84. The molecule has 2 rings (SSSR count). The van der Waals surface area contributed by atoms with Gasteiger partial charge < -0.3 is 5.32 Å². The van der Waals surface area contributed by atoms with Crippen molar-refractivity contribution in [2.24, 2.45) is 5.92 Å². The number of alkyl halides is 1. The summed E-state index contributed by atoms with van der Waals surface area (Å²) < 4.78 is 0. The Morgan fingerprint density at radius 3 is 3.00 bits per heavy atom. The van der Waals surface area contributed by atoms with E-state index in [1.807, 2.05) is 13.0 Å². The van der Waals surface area contributed by atoms with Gasteiger partial charge >= 0.3 is 0 Å². The third kappa shape index (κ3) is 2.58. The number of hydrogen-bond acceptors (Lipinski definition) is 3. The molecule has 0 radical (unpaired) electrons. The van der Waals surface area contributed by atoms with E-state index in [0.717, 1.165) is 18.1 Å². The van der Waals surface area contributed by atoms with E-state index in [-0.39, 0.29) is 5.38 Å². The maximum atomic E-state index is 6.16. The number of anilines is 1. The molecule has 0 aliphatic heterocycles. The molecule has 1 unspecified atom stereocenters. The van der Waals surface area contributed by atoms with Crippen LogP contribution in [0.25, 0.3) is 0 Å². The van der Waals surface area contributed by atoms with Crippen LogP contribution in [0.4, 0.5) is 5.82 Å². The summed E-state index contributed by atoms with van der Waals surface area (Å²) in [5.74, 6) is 1.58. The van der Waals surface area contributed by atoms with Crippen molar-refractivity contribution in [3.63, 3.8) is 0 Å². The first-order chi connectivity index (χ1) is 6.75. The molecule has 0 amide bonds. The summed E-state index contributed by atoms with van der Waals surface area (Å²) in [5.41, 5.74) is 0.972. The minimum atomic E-state index is 0.241. The summed E-state index contributed by atoms with van der Waals surface area (Å²) in [4.78, 5) is 8.14. The Bertz CT molecular complexity index is 312. The van der Waals surface area contributed by atoms with Gasteiger partial charge in [0.15, 0.2) is 0 Å². The molecular weight excluding hydrogens is 198 g/mol. The number of hydrogen-bond donors (Lipinski definition) is 1. The van der Waals surface area contributed by atoms with E-state index >= 15 is 0 Å². The van der Waals surface area contributed by atoms with Gasteiger partial charge in [-0.15, -0.1) is 11.6 Å². The normalized spacial score (nSPS) is 17.9. The maximum Gasteiger partial charge on any atom is 0.129 e. The fourth-order valence-corrected chi connectivity index (χ4v) is 1.71. The van der Waals surface area contributed by atoms with E-state index in [4.69, 9.17) is 11.6 Å². The molecule has 1 heterocycles. The van der Waals surface area contributed by atoms with Crippen LogP contribution in [0.15, 0.2) is 12.4 Å². The van der Waals surface area contributed by atoms with Crippen molar-refractivity contribution in [1.29, 1.82) is 0 Å². The summed E-state index contributed by atoms with van der Waals surface area (Å²) in [6.07, 6.45) is 4.12. The maximum absolute atomic E-state index is 6.16. The molecule has 1 aliphatic rings. The van der Waals surface area contributed by atoms with Gasteiger partial charge in [0, 0.05) is 18.3 Å². The average Bonchev–Trinajstić information content (AvgIpc) is 2.97. The van der Waals surface area contributed by atoms with Crippen LogP contribution in [0.5, 0.6) is 0 Å². The van der Waals surface area contributed by atoms with E-state index in [1.165, 1.54) is 12.8 Å². The van der Waals surface area contributed by atoms with Crippen molar-refractivity contribution in [1.82, 2.24) is 9.97 Å². The molecule has 0 saturated heterocycles. The molecule has 14 heavy (non-hydrogen) atoms. The van der Waals surface area contributed by atoms with Gasteiger partial charge in [0.25, 0.3) is 0 Å². The molecule has 1 atom stereocenters. The third-order valence-corrected chi connectivity index (χ3v) is 2.93. The monoisotopic (exact) mass is 211 g/mol. The first-order valence-corrected chi connectivity index (χ1v) is 5.36. The lowest BCUT2D eigenvalue weighted by Gasteiger charge is -2.09. The van der Waals surface area contributed by atoms with Crippen molar-refractivity contribution in [3.8, 4) is 0 Å². The molecule has 3 nitrogen and oxygen atoms in total. The first-order valence-electron chi connectivity index (χ1n) is 4.92. The van der Waals surface area contributed by atoms with Crippen molar-refractivity contribution in [2.75, 3.05) is 11.9 Å². The summed E-state index contributed by atoms with van der Waals surface area (Å²) >= 11 is 6.16. The average molecular weight is 212 g/mol. The highest BCUT2D eigenvalue weighted by atomic mass is 35.5.